The highest BCUT2D eigenvalue weighted by atomic mass is 32.2. The largest absolute Gasteiger partial charge is 0.280 e. The van der Waals surface area contributed by atoms with Crippen molar-refractivity contribution in [3.63, 3.8) is 0 Å². The maximum absolute atomic E-state index is 8.24. The van der Waals surface area contributed by atoms with Gasteiger partial charge in [-0.2, -0.15) is 0 Å². The lowest BCUT2D eigenvalue weighted by Crippen LogP contribution is -2.13. The maximum Gasteiger partial charge on any atom is 0.0686 e. The monoisotopic (exact) mass is 217 g/mol. The number of aliphatic imine (C=N–C) groups is 1. The Morgan fingerprint density at radius 2 is 1.79 bits per heavy atom. The molecule has 0 saturated carbocycles. The Kier molecular flexibility index (Phi) is 4.36. The normalized spacial score (nSPS) is 17.4. The lowest BCUT2D eigenvalue weighted by Gasteiger charge is -2.20. The van der Waals surface area contributed by atoms with E-state index in [1.54, 1.807) is 0 Å². The van der Waals surface area contributed by atoms with E-state index in [4.69, 9.17) is 2.74 Å². The minimum atomic E-state index is -1.37. The molecule has 0 unspecified atom stereocenters. The molecule has 0 aromatic carbocycles. The quantitative estimate of drug-likeness (QED) is 0.505. The molecule has 1 nitrogen and oxygen atoms in total. The topological polar surface area (TPSA) is 12.4 Å². The molecule has 14 heavy (non-hydrogen) atoms. The molecule has 84 valence electrons. The van der Waals surface area contributed by atoms with E-state index in [1.165, 1.54) is 11.8 Å². The average molecular weight is 217 g/mol. The third-order valence-corrected chi connectivity index (χ3v) is 2.11. The first kappa shape index (κ1) is 10.5. The third kappa shape index (κ3) is 8.61. The number of hydrogen-bond acceptors (Lipinski definition) is 2. The first-order valence-corrected chi connectivity index (χ1v) is 6.11. The van der Waals surface area contributed by atoms with Crippen molar-refractivity contribution in [2.45, 2.75) is 66.1 Å². The van der Waals surface area contributed by atoms with Crippen LogP contribution in [0.3, 0.4) is 0 Å². The van der Waals surface area contributed by atoms with E-state index in [0.717, 1.165) is 0 Å². The highest BCUT2D eigenvalue weighted by Crippen LogP contribution is 2.26. The van der Waals surface area contributed by atoms with Gasteiger partial charge in [0.2, 0.25) is 0 Å². The van der Waals surface area contributed by atoms with E-state index >= 15 is 0 Å². The summed E-state index contributed by atoms with van der Waals surface area (Å²) in [6.07, 6.45) is -1.37. The Morgan fingerprint density at radius 1 is 1.29 bits per heavy atom. The summed E-state index contributed by atoms with van der Waals surface area (Å²) in [4.78, 5) is 4.46. The van der Waals surface area contributed by atoms with E-state index in [0.29, 0.717) is 10.3 Å². The number of rotatable bonds is 3. The molecule has 0 spiro atoms. The minimum Gasteiger partial charge on any atom is -0.280 e. The summed E-state index contributed by atoms with van der Waals surface area (Å²) in [5.74, 6) is 0. The predicted octanol–water partition coefficient (Wildman–Crippen LogP) is 4.37. The smallest absolute Gasteiger partial charge is 0.0686 e. The molecule has 0 bridgehead atoms. The fourth-order valence-electron chi connectivity index (χ4n) is 0.871. The molecule has 2 heteroatoms. The Balaban J connectivity index is 5.19. The third-order valence-electron chi connectivity index (χ3n) is 1.20. The summed E-state index contributed by atoms with van der Waals surface area (Å²) >= 11 is 1.54. The molecule has 0 rings (SSSR count). The summed E-state index contributed by atoms with van der Waals surface area (Å²) in [5, 5.41) is 0.986. The lowest BCUT2D eigenvalue weighted by atomic mass is 9.93. The van der Waals surface area contributed by atoms with Crippen molar-refractivity contribution >= 4 is 16.8 Å². The summed E-state index contributed by atoms with van der Waals surface area (Å²) < 4.78 is 16.5. The lowest BCUT2D eigenvalue weighted by molar-refractivity contribution is 0.435. The van der Waals surface area contributed by atoms with Crippen molar-refractivity contribution in [3.05, 3.63) is 0 Å². The van der Waals surface area contributed by atoms with Crippen LogP contribution in [0.2, 0.25) is 0 Å². The summed E-state index contributed by atoms with van der Waals surface area (Å²) in [6.45, 7) is 13.9. The fourth-order valence-corrected chi connectivity index (χ4v) is 1.95. The van der Waals surface area contributed by atoms with Crippen LogP contribution in [0.15, 0.2) is 4.99 Å². The van der Waals surface area contributed by atoms with Crippen LogP contribution in [0.5, 0.6) is 0 Å². The summed E-state index contributed by atoms with van der Waals surface area (Å²) in [5.41, 5.74) is -0.428. The second-order valence-corrected chi connectivity index (χ2v) is 6.63. The first-order chi connectivity index (χ1) is 6.98. The number of thioether (sulfide) groups is 1. The molecule has 0 aromatic rings. The van der Waals surface area contributed by atoms with Crippen molar-refractivity contribution in [2.24, 2.45) is 10.4 Å². The van der Waals surface area contributed by atoms with Crippen molar-refractivity contribution in [3.8, 4) is 0 Å². The zero-order valence-electron chi connectivity index (χ0n) is 12.5. The molecule has 0 amide bonds. The predicted molar refractivity (Wildman–Crippen MR) is 69.4 cm³/mol. The highest BCUT2D eigenvalue weighted by Gasteiger charge is 2.16. The van der Waals surface area contributed by atoms with Gasteiger partial charge >= 0.3 is 0 Å². The summed E-state index contributed by atoms with van der Waals surface area (Å²) in [6, 6.07) is 0.138. The molecule has 0 aromatic heterocycles. The Labute approximate surface area is 96.6 Å². The number of hydrogen-bond donors (Lipinski definition) is 0. The molecule has 0 radical (unpaired) electrons. The SMILES string of the molecule is [2H]C([2H])(C(=NC(C)C)SC(C)C)C(C)(C)C. The van der Waals surface area contributed by atoms with Gasteiger partial charge in [-0.15, -0.1) is 11.8 Å². The van der Waals surface area contributed by atoms with Gasteiger partial charge in [-0.05, 0) is 19.3 Å². The highest BCUT2D eigenvalue weighted by molar-refractivity contribution is 8.14. The van der Waals surface area contributed by atoms with E-state index < -0.39 is 11.8 Å². The number of nitrogens with zero attached hydrogens (tertiary/aromatic N) is 1. The fraction of sp³-hybridized carbons (Fsp3) is 0.917. The van der Waals surface area contributed by atoms with Gasteiger partial charge in [0.15, 0.2) is 0 Å². The zero-order valence-corrected chi connectivity index (χ0v) is 11.3. The molecule has 0 saturated heterocycles. The maximum atomic E-state index is 8.24. The molecular formula is C12H25NS. The molecule has 0 atom stereocenters. The van der Waals surface area contributed by atoms with E-state index in [1.807, 2.05) is 34.6 Å². The van der Waals surface area contributed by atoms with E-state index in [-0.39, 0.29) is 6.04 Å². The molecule has 0 aliphatic carbocycles. The molecule has 0 N–H and O–H groups in total. The first-order valence-electron chi connectivity index (χ1n) is 6.23. The Hall–Kier alpha value is 0.0200. The molecule has 0 aliphatic heterocycles. The van der Waals surface area contributed by atoms with Crippen LogP contribution in [0, 0.1) is 5.41 Å². The van der Waals surface area contributed by atoms with Gasteiger partial charge in [0.25, 0.3) is 0 Å². The van der Waals surface area contributed by atoms with Crippen LogP contribution in [-0.4, -0.2) is 16.3 Å². The van der Waals surface area contributed by atoms with Gasteiger partial charge in [0.1, 0.15) is 0 Å². The van der Waals surface area contributed by atoms with Crippen LogP contribution < -0.4 is 0 Å². The van der Waals surface area contributed by atoms with Gasteiger partial charge in [-0.25, -0.2) is 0 Å². The van der Waals surface area contributed by atoms with E-state index in [9.17, 15) is 0 Å². The van der Waals surface area contributed by atoms with Crippen LogP contribution in [0.25, 0.3) is 0 Å². The van der Waals surface area contributed by atoms with Crippen LogP contribution in [-0.2, 0) is 0 Å². The van der Waals surface area contributed by atoms with Gasteiger partial charge in [-0.1, -0.05) is 34.6 Å². The summed E-state index contributed by atoms with van der Waals surface area (Å²) in [7, 11) is 0. The van der Waals surface area contributed by atoms with Crippen molar-refractivity contribution in [1.82, 2.24) is 0 Å². The van der Waals surface area contributed by atoms with E-state index in [2.05, 4.69) is 18.8 Å². The standard InChI is InChI=1S/C12H25NS/c1-9(2)13-11(14-10(3)4)8-12(5,6)7/h9-10H,8H2,1-7H3/i8D2. The van der Waals surface area contributed by atoms with Crippen molar-refractivity contribution in [1.29, 1.82) is 0 Å². The second kappa shape index (κ2) is 5.79. The van der Waals surface area contributed by atoms with Gasteiger partial charge in [0.05, 0.1) is 5.04 Å². The van der Waals surface area contributed by atoms with Gasteiger partial charge in [-0.3, -0.25) is 4.99 Å². The molecule has 0 heterocycles. The zero-order chi connectivity index (χ0) is 13.1. The molecule has 0 aliphatic rings. The molecular weight excluding hydrogens is 190 g/mol. The van der Waals surface area contributed by atoms with Crippen LogP contribution >= 0.6 is 11.8 Å². The Morgan fingerprint density at radius 3 is 2.07 bits per heavy atom. The van der Waals surface area contributed by atoms with Crippen LogP contribution in [0.1, 0.15) is 57.6 Å². The second-order valence-electron chi connectivity index (χ2n) is 5.07. The van der Waals surface area contributed by atoms with Gasteiger partial charge < -0.3 is 0 Å². The minimum absolute atomic E-state index is 0.138. The van der Waals surface area contributed by atoms with Gasteiger partial charge in [0, 0.05) is 20.4 Å². The molecule has 0 fully saturated rings. The van der Waals surface area contributed by atoms with Crippen molar-refractivity contribution in [2.75, 3.05) is 0 Å². The van der Waals surface area contributed by atoms with Crippen molar-refractivity contribution < 1.29 is 2.74 Å². The van der Waals surface area contributed by atoms with Crippen LogP contribution in [0.4, 0.5) is 0 Å². The average Bonchev–Trinajstić information content (AvgIpc) is 1.98. The Bertz CT molecular complexity index is 252.